The maximum absolute atomic E-state index is 5.76. The normalized spacial score (nSPS) is 23.2. The van der Waals surface area contributed by atoms with Gasteiger partial charge in [-0.1, -0.05) is 0 Å². The van der Waals surface area contributed by atoms with E-state index in [1.165, 1.54) is 35.0 Å². The Morgan fingerprint density at radius 2 is 2.53 bits per heavy atom. The summed E-state index contributed by atoms with van der Waals surface area (Å²) in [5, 5.41) is 3.47. The largest absolute Gasteiger partial charge is 0.328 e. The van der Waals surface area contributed by atoms with E-state index in [0.29, 0.717) is 0 Å². The van der Waals surface area contributed by atoms with E-state index in [0.717, 1.165) is 12.3 Å². The predicted molar refractivity (Wildman–Crippen MR) is 68.6 cm³/mol. The number of aromatic nitrogens is 1. The Balaban J connectivity index is 1.88. The summed E-state index contributed by atoms with van der Waals surface area (Å²) in [4.78, 5) is 4.64. The van der Waals surface area contributed by atoms with Crippen molar-refractivity contribution in [1.29, 1.82) is 0 Å². The molecule has 1 aromatic rings. The average Bonchev–Trinajstić information content (AvgIpc) is 2.77. The van der Waals surface area contributed by atoms with Gasteiger partial charge in [-0.25, -0.2) is 4.98 Å². The third kappa shape index (κ3) is 3.47. The predicted octanol–water partition coefficient (Wildman–Crippen LogP) is 2.33. The van der Waals surface area contributed by atoms with Gasteiger partial charge in [0, 0.05) is 24.3 Å². The molecule has 2 atom stereocenters. The lowest BCUT2D eigenvalue weighted by Crippen LogP contribution is -2.17. The Morgan fingerprint density at radius 1 is 1.67 bits per heavy atom. The van der Waals surface area contributed by atoms with Gasteiger partial charge in [-0.2, -0.15) is 11.8 Å². The molecule has 1 aliphatic rings. The van der Waals surface area contributed by atoms with Crippen molar-refractivity contribution in [3.63, 3.8) is 0 Å². The van der Waals surface area contributed by atoms with E-state index in [1.54, 1.807) is 11.3 Å². The fourth-order valence-corrected chi connectivity index (χ4v) is 4.06. The first-order chi connectivity index (χ1) is 7.24. The Morgan fingerprint density at radius 3 is 3.20 bits per heavy atom. The lowest BCUT2D eigenvalue weighted by atomic mass is 10.1. The zero-order chi connectivity index (χ0) is 10.7. The number of hydrogen-bond donors (Lipinski definition) is 1. The van der Waals surface area contributed by atoms with Gasteiger partial charge in [0.05, 0.1) is 10.7 Å². The van der Waals surface area contributed by atoms with E-state index in [2.05, 4.69) is 22.1 Å². The second-order valence-electron chi connectivity index (χ2n) is 4.35. The highest BCUT2D eigenvalue weighted by Crippen LogP contribution is 2.27. The van der Waals surface area contributed by atoms with E-state index in [9.17, 15) is 0 Å². The standard InChI is InChI=1S/C11H18N2S2/c1-8(12)4-10-7-15-11(13-10)5-9-2-3-14-6-9/h7-9H,2-6,12H2,1H3. The van der Waals surface area contributed by atoms with Crippen molar-refractivity contribution in [2.45, 2.75) is 32.2 Å². The van der Waals surface area contributed by atoms with Crippen LogP contribution in [-0.2, 0) is 12.8 Å². The monoisotopic (exact) mass is 242 g/mol. The molecule has 0 aromatic carbocycles. The van der Waals surface area contributed by atoms with E-state index >= 15 is 0 Å². The van der Waals surface area contributed by atoms with E-state index in [-0.39, 0.29) is 6.04 Å². The van der Waals surface area contributed by atoms with Gasteiger partial charge in [0.2, 0.25) is 0 Å². The van der Waals surface area contributed by atoms with Gasteiger partial charge in [-0.15, -0.1) is 11.3 Å². The third-order valence-electron chi connectivity index (χ3n) is 2.62. The van der Waals surface area contributed by atoms with Gasteiger partial charge in [-0.05, 0) is 30.8 Å². The number of hydrogen-bond acceptors (Lipinski definition) is 4. The zero-order valence-corrected chi connectivity index (χ0v) is 10.7. The first-order valence-electron chi connectivity index (χ1n) is 5.50. The average molecular weight is 242 g/mol. The maximum Gasteiger partial charge on any atom is 0.0931 e. The van der Waals surface area contributed by atoms with Crippen molar-refractivity contribution in [2.24, 2.45) is 11.7 Å². The van der Waals surface area contributed by atoms with Crippen molar-refractivity contribution in [3.8, 4) is 0 Å². The van der Waals surface area contributed by atoms with Crippen LogP contribution in [0.3, 0.4) is 0 Å². The molecule has 4 heteroatoms. The van der Waals surface area contributed by atoms with Crippen LogP contribution in [0, 0.1) is 5.92 Å². The summed E-state index contributed by atoms with van der Waals surface area (Å²) in [6.45, 7) is 2.03. The highest BCUT2D eigenvalue weighted by Gasteiger charge is 2.17. The fourth-order valence-electron chi connectivity index (χ4n) is 1.86. The van der Waals surface area contributed by atoms with E-state index < -0.39 is 0 Å². The van der Waals surface area contributed by atoms with E-state index in [1.807, 2.05) is 6.92 Å². The molecule has 84 valence electrons. The molecule has 0 saturated carbocycles. The van der Waals surface area contributed by atoms with Gasteiger partial charge in [0.1, 0.15) is 0 Å². The van der Waals surface area contributed by atoms with Crippen LogP contribution in [0.15, 0.2) is 5.38 Å². The Hall–Kier alpha value is -0.0600. The number of rotatable bonds is 4. The van der Waals surface area contributed by atoms with Crippen LogP contribution >= 0.6 is 23.1 Å². The molecule has 2 N–H and O–H groups in total. The molecule has 2 rings (SSSR count). The number of nitrogens with zero attached hydrogens (tertiary/aromatic N) is 1. The van der Waals surface area contributed by atoms with Crippen molar-refractivity contribution < 1.29 is 0 Å². The van der Waals surface area contributed by atoms with Gasteiger partial charge >= 0.3 is 0 Å². The number of thioether (sulfide) groups is 1. The van der Waals surface area contributed by atoms with Crippen LogP contribution < -0.4 is 5.73 Å². The summed E-state index contributed by atoms with van der Waals surface area (Å²) < 4.78 is 0. The Kier molecular flexibility index (Phi) is 4.05. The number of thiazole rings is 1. The molecule has 1 aliphatic heterocycles. The Bertz CT molecular complexity index is 303. The zero-order valence-electron chi connectivity index (χ0n) is 9.11. The summed E-state index contributed by atoms with van der Waals surface area (Å²) in [6.07, 6.45) is 3.46. The molecule has 2 unspecified atom stereocenters. The first-order valence-corrected chi connectivity index (χ1v) is 7.54. The van der Waals surface area contributed by atoms with Crippen LogP contribution in [0.2, 0.25) is 0 Å². The summed E-state index contributed by atoms with van der Waals surface area (Å²) in [5.41, 5.74) is 6.94. The van der Waals surface area contributed by atoms with Crippen LogP contribution in [0.1, 0.15) is 24.0 Å². The van der Waals surface area contributed by atoms with E-state index in [4.69, 9.17) is 5.73 Å². The minimum atomic E-state index is 0.224. The lowest BCUT2D eigenvalue weighted by Gasteiger charge is -2.04. The second kappa shape index (κ2) is 5.32. The maximum atomic E-state index is 5.76. The fraction of sp³-hybridized carbons (Fsp3) is 0.727. The van der Waals surface area contributed by atoms with Crippen molar-refractivity contribution in [3.05, 3.63) is 16.1 Å². The minimum Gasteiger partial charge on any atom is -0.328 e. The summed E-state index contributed by atoms with van der Waals surface area (Å²) in [5.74, 6) is 3.52. The van der Waals surface area contributed by atoms with Crippen LogP contribution in [0.25, 0.3) is 0 Å². The van der Waals surface area contributed by atoms with Crippen LogP contribution in [-0.4, -0.2) is 22.5 Å². The highest BCUT2D eigenvalue weighted by atomic mass is 32.2. The molecule has 15 heavy (non-hydrogen) atoms. The molecule has 0 radical (unpaired) electrons. The third-order valence-corrected chi connectivity index (χ3v) is 4.77. The summed E-state index contributed by atoms with van der Waals surface area (Å²) >= 11 is 3.88. The molecule has 0 aliphatic carbocycles. The van der Waals surface area contributed by atoms with Gasteiger partial charge in [0.25, 0.3) is 0 Å². The minimum absolute atomic E-state index is 0.224. The molecule has 1 saturated heterocycles. The first kappa shape index (κ1) is 11.4. The van der Waals surface area contributed by atoms with Crippen molar-refractivity contribution in [2.75, 3.05) is 11.5 Å². The quantitative estimate of drug-likeness (QED) is 0.881. The molecule has 0 bridgehead atoms. The van der Waals surface area contributed by atoms with Gasteiger partial charge < -0.3 is 5.73 Å². The Labute approximate surface area is 99.7 Å². The smallest absolute Gasteiger partial charge is 0.0931 e. The molecule has 2 nitrogen and oxygen atoms in total. The van der Waals surface area contributed by atoms with Gasteiger partial charge in [0.15, 0.2) is 0 Å². The molecule has 1 fully saturated rings. The van der Waals surface area contributed by atoms with Crippen molar-refractivity contribution in [1.82, 2.24) is 4.98 Å². The molecule has 0 amide bonds. The molecule has 1 aromatic heterocycles. The van der Waals surface area contributed by atoms with Crippen LogP contribution in [0.4, 0.5) is 0 Å². The van der Waals surface area contributed by atoms with Crippen molar-refractivity contribution >= 4 is 23.1 Å². The molecular weight excluding hydrogens is 224 g/mol. The summed E-state index contributed by atoms with van der Waals surface area (Å²) in [6, 6.07) is 0.224. The van der Waals surface area contributed by atoms with Gasteiger partial charge in [-0.3, -0.25) is 0 Å². The summed E-state index contributed by atoms with van der Waals surface area (Å²) in [7, 11) is 0. The molecular formula is C11H18N2S2. The SMILES string of the molecule is CC(N)Cc1csc(CC2CCSC2)n1. The second-order valence-corrected chi connectivity index (χ2v) is 6.44. The molecule has 0 spiro atoms. The number of nitrogens with two attached hydrogens (primary N) is 1. The molecule has 2 heterocycles. The topological polar surface area (TPSA) is 38.9 Å². The lowest BCUT2D eigenvalue weighted by molar-refractivity contribution is 0.592. The van der Waals surface area contributed by atoms with Crippen LogP contribution in [0.5, 0.6) is 0 Å². The highest BCUT2D eigenvalue weighted by molar-refractivity contribution is 7.99.